The lowest BCUT2D eigenvalue weighted by Crippen LogP contribution is -1.89. The van der Waals surface area contributed by atoms with Crippen molar-refractivity contribution < 1.29 is 8.78 Å². The van der Waals surface area contributed by atoms with E-state index < -0.39 is 11.6 Å². The third-order valence-corrected chi connectivity index (χ3v) is 4.47. The van der Waals surface area contributed by atoms with Crippen molar-refractivity contribution in [2.45, 2.75) is 11.8 Å². The quantitative estimate of drug-likeness (QED) is 0.307. The Bertz CT molecular complexity index is 1140. The topological polar surface area (TPSA) is 23.8 Å². The average molecular weight is 385 g/mol. The van der Waals surface area contributed by atoms with Gasteiger partial charge in [0.1, 0.15) is 17.0 Å². The first-order valence-corrected chi connectivity index (χ1v) is 9.12. The first-order chi connectivity index (χ1) is 13.5. The van der Waals surface area contributed by atoms with Crippen LogP contribution in [-0.4, -0.2) is 0 Å². The number of rotatable bonds is 1. The van der Waals surface area contributed by atoms with Gasteiger partial charge in [-0.25, -0.2) is 8.78 Å². The van der Waals surface area contributed by atoms with E-state index in [1.807, 2.05) is 43.3 Å². The van der Waals surface area contributed by atoms with Gasteiger partial charge >= 0.3 is 0 Å². The molecule has 3 rings (SSSR count). The molecule has 0 amide bonds. The Morgan fingerprint density at radius 1 is 0.679 bits per heavy atom. The fraction of sp³-hybridized carbons (Fsp3) is 0.0417. The molecule has 28 heavy (non-hydrogen) atoms. The molecule has 134 valence electrons. The van der Waals surface area contributed by atoms with E-state index >= 15 is 0 Å². The molecule has 0 bridgehead atoms. The standard InChI is InChI=1S/C24H13F2NS/c1-17-2-4-18(5-3-17)6-7-19-8-10-20(11-9-19)12-13-21-14-22(25)24(28-16-27)23(26)15-21/h2-5,8-11,14-15H,1H3. The van der Waals surface area contributed by atoms with Crippen molar-refractivity contribution in [1.82, 2.24) is 0 Å². The molecule has 0 saturated carbocycles. The van der Waals surface area contributed by atoms with E-state index in [4.69, 9.17) is 5.26 Å². The maximum Gasteiger partial charge on any atom is 0.142 e. The summed E-state index contributed by atoms with van der Waals surface area (Å²) in [5, 5.41) is 10.2. The van der Waals surface area contributed by atoms with Crippen LogP contribution in [0.25, 0.3) is 0 Å². The van der Waals surface area contributed by atoms with E-state index in [1.54, 1.807) is 17.5 Å². The molecular weight excluding hydrogens is 372 g/mol. The molecule has 0 heterocycles. The normalized spacial score (nSPS) is 9.50. The number of nitrogens with zero attached hydrogens (tertiary/aromatic N) is 1. The van der Waals surface area contributed by atoms with Gasteiger partial charge in [-0.05, 0) is 67.2 Å². The summed E-state index contributed by atoms with van der Waals surface area (Å²) >= 11 is 0.451. The average Bonchev–Trinajstić information content (AvgIpc) is 2.69. The number of benzene rings is 3. The van der Waals surface area contributed by atoms with E-state index in [-0.39, 0.29) is 10.5 Å². The SMILES string of the molecule is Cc1ccc(C#Cc2ccc(C#Cc3cc(F)c(SC#N)c(F)c3)cc2)cc1. The van der Waals surface area contributed by atoms with Gasteiger partial charge in [-0.1, -0.05) is 41.4 Å². The lowest BCUT2D eigenvalue weighted by molar-refractivity contribution is 0.540. The van der Waals surface area contributed by atoms with Gasteiger partial charge in [-0.2, -0.15) is 5.26 Å². The number of hydrogen-bond acceptors (Lipinski definition) is 2. The monoisotopic (exact) mass is 385 g/mol. The number of aryl methyl sites for hydroxylation is 1. The molecule has 0 spiro atoms. The van der Waals surface area contributed by atoms with Gasteiger partial charge < -0.3 is 0 Å². The van der Waals surface area contributed by atoms with E-state index in [9.17, 15) is 8.78 Å². The van der Waals surface area contributed by atoms with Gasteiger partial charge in [0.15, 0.2) is 0 Å². The summed E-state index contributed by atoms with van der Waals surface area (Å²) in [6.07, 6.45) is 0. The van der Waals surface area contributed by atoms with Crippen LogP contribution in [0, 0.1) is 52.9 Å². The summed E-state index contributed by atoms with van der Waals surface area (Å²) in [6.45, 7) is 2.03. The predicted molar refractivity (Wildman–Crippen MR) is 107 cm³/mol. The van der Waals surface area contributed by atoms with Gasteiger partial charge in [0, 0.05) is 22.3 Å². The molecule has 0 N–H and O–H groups in total. The third-order valence-electron chi connectivity index (χ3n) is 3.78. The van der Waals surface area contributed by atoms with Gasteiger partial charge in [-0.3, -0.25) is 0 Å². The number of thioether (sulfide) groups is 1. The highest BCUT2D eigenvalue weighted by Crippen LogP contribution is 2.25. The fourth-order valence-corrected chi connectivity index (χ4v) is 2.74. The summed E-state index contributed by atoms with van der Waals surface area (Å²) in [4.78, 5) is -0.315. The van der Waals surface area contributed by atoms with Crippen molar-refractivity contribution in [2.75, 3.05) is 0 Å². The Kier molecular flexibility index (Phi) is 6.13. The lowest BCUT2D eigenvalue weighted by Gasteiger charge is -2.00. The number of thiocyanates is 1. The summed E-state index contributed by atoms with van der Waals surface area (Å²) in [5.74, 6) is 10.2. The molecule has 0 saturated heterocycles. The van der Waals surface area contributed by atoms with Crippen molar-refractivity contribution in [3.05, 3.63) is 100 Å². The molecule has 0 aliphatic heterocycles. The summed E-state index contributed by atoms with van der Waals surface area (Å²) in [7, 11) is 0. The summed E-state index contributed by atoms with van der Waals surface area (Å²) in [5.41, 5.74) is 3.89. The van der Waals surface area contributed by atoms with Gasteiger partial charge in [0.25, 0.3) is 0 Å². The van der Waals surface area contributed by atoms with E-state index in [0.717, 1.165) is 23.3 Å². The van der Waals surface area contributed by atoms with Crippen molar-refractivity contribution >= 4 is 11.8 Å². The first kappa shape index (κ1) is 19.2. The predicted octanol–water partition coefficient (Wildman–Crippen LogP) is 5.65. The smallest absolute Gasteiger partial charge is 0.142 e. The molecule has 1 nitrogen and oxygen atoms in total. The van der Waals surface area contributed by atoms with E-state index in [0.29, 0.717) is 17.3 Å². The third kappa shape index (κ3) is 5.01. The van der Waals surface area contributed by atoms with Crippen LogP contribution in [-0.2, 0) is 0 Å². The molecule has 0 atom stereocenters. The highest BCUT2D eigenvalue weighted by Gasteiger charge is 2.10. The number of hydrogen-bond donors (Lipinski definition) is 0. The van der Waals surface area contributed by atoms with Crippen molar-refractivity contribution in [2.24, 2.45) is 0 Å². The van der Waals surface area contributed by atoms with Gasteiger partial charge in [0.05, 0.1) is 4.90 Å². The Labute approximate surface area is 167 Å². The first-order valence-electron chi connectivity index (χ1n) is 8.31. The van der Waals surface area contributed by atoms with Crippen LogP contribution < -0.4 is 0 Å². The van der Waals surface area contributed by atoms with E-state index in [2.05, 4.69) is 23.7 Å². The Morgan fingerprint density at radius 2 is 1.07 bits per heavy atom. The Morgan fingerprint density at radius 3 is 1.50 bits per heavy atom. The molecule has 0 radical (unpaired) electrons. The largest absolute Gasteiger partial charge is 0.206 e. The minimum Gasteiger partial charge on any atom is -0.206 e. The van der Waals surface area contributed by atoms with Crippen LogP contribution in [0.5, 0.6) is 0 Å². The summed E-state index contributed by atoms with van der Waals surface area (Å²) in [6, 6.07) is 17.5. The number of nitriles is 1. The minimum atomic E-state index is -0.794. The van der Waals surface area contributed by atoms with Crippen LogP contribution in [0.2, 0.25) is 0 Å². The number of halogens is 2. The minimum absolute atomic E-state index is 0.209. The molecule has 4 heteroatoms. The van der Waals surface area contributed by atoms with Crippen LogP contribution >= 0.6 is 11.8 Å². The second-order valence-electron chi connectivity index (χ2n) is 5.91. The van der Waals surface area contributed by atoms with Gasteiger partial charge in [0.2, 0.25) is 0 Å². The summed E-state index contributed by atoms with van der Waals surface area (Å²) < 4.78 is 27.7. The van der Waals surface area contributed by atoms with Crippen LogP contribution in [0.3, 0.4) is 0 Å². The Balaban J connectivity index is 1.76. The zero-order valence-electron chi connectivity index (χ0n) is 14.9. The van der Waals surface area contributed by atoms with Crippen molar-refractivity contribution in [3.63, 3.8) is 0 Å². The lowest BCUT2D eigenvalue weighted by atomic mass is 10.1. The second-order valence-corrected chi connectivity index (χ2v) is 6.70. The molecule has 0 aliphatic rings. The molecule has 0 aromatic heterocycles. The van der Waals surface area contributed by atoms with Crippen LogP contribution in [0.4, 0.5) is 8.78 Å². The zero-order valence-corrected chi connectivity index (χ0v) is 15.7. The molecule has 3 aromatic carbocycles. The zero-order chi connectivity index (χ0) is 19.9. The van der Waals surface area contributed by atoms with Crippen molar-refractivity contribution in [3.8, 4) is 29.1 Å². The van der Waals surface area contributed by atoms with Crippen LogP contribution in [0.15, 0.2) is 65.6 Å². The highest BCUT2D eigenvalue weighted by atomic mass is 32.2. The van der Waals surface area contributed by atoms with Crippen LogP contribution in [0.1, 0.15) is 27.8 Å². The molecule has 0 aliphatic carbocycles. The second kappa shape index (κ2) is 8.92. The molecule has 0 fully saturated rings. The fourth-order valence-electron chi connectivity index (χ4n) is 2.34. The Hall–Kier alpha value is -3.52. The maximum atomic E-state index is 13.8. The molecule has 3 aromatic rings. The highest BCUT2D eigenvalue weighted by molar-refractivity contribution is 8.03. The molecular formula is C24H13F2NS. The van der Waals surface area contributed by atoms with Crippen molar-refractivity contribution in [1.29, 1.82) is 5.26 Å². The van der Waals surface area contributed by atoms with Gasteiger partial charge in [-0.15, -0.1) is 0 Å². The molecule has 0 unspecified atom stereocenters. The maximum absolute atomic E-state index is 13.8. The van der Waals surface area contributed by atoms with E-state index in [1.165, 1.54) is 5.56 Å².